The molecule has 2 aromatic rings. The van der Waals surface area contributed by atoms with Gasteiger partial charge >= 0.3 is 5.97 Å². The van der Waals surface area contributed by atoms with Crippen LogP contribution in [0.2, 0.25) is 0 Å². The van der Waals surface area contributed by atoms with Crippen LogP contribution in [0.1, 0.15) is 60.7 Å². The predicted molar refractivity (Wildman–Crippen MR) is 93.8 cm³/mol. The molecule has 4 nitrogen and oxygen atoms in total. The van der Waals surface area contributed by atoms with E-state index >= 15 is 0 Å². The van der Waals surface area contributed by atoms with E-state index in [1.54, 1.807) is 13.0 Å². The lowest BCUT2D eigenvalue weighted by molar-refractivity contribution is -0.147. The van der Waals surface area contributed by atoms with E-state index in [4.69, 9.17) is 9.15 Å². The summed E-state index contributed by atoms with van der Waals surface area (Å²) >= 11 is 0. The van der Waals surface area contributed by atoms with Gasteiger partial charge in [-0.1, -0.05) is 29.8 Å². The quantitative estimate of drug-likeness (QED) is 0.778. The second-order valence-electron chi connectivity index (χ2n) is 7.19. The largest absolute Gasteiger partial charge is 0.465 e. The Kier molecular flexibility index (Phi) is 3.78. The number of ether oxygens (including phenoxy) is 1. The molecule has 2 fully saturated rings. The lowest BCUT2D eigenvalue weighted by Gasteiger charge is -2.16. The first-order chi connectivity index (χ1) is 12.0. The number of carbonyl (C=O) groups excluding carboxylic acids is 1. The number of esters is 1. The summed E-state index contributed by atoms with van der Waals surface area (Å²) in [6, 6.07) is 11.2. The molecule has 0 saturated heterocycles. The number of hydrogen-bond acceptors (Lipinski definition) is 4. The highest BCUT2D eigenvalue weighted by Gasteiger charge is 2.65. The van der Waals surface area contributed by atoms with Gasteiger partial charge in [0.1, 0.15) is 16.9 Å². The van der Waals surface area contributed by atoms with Crippen LogP contribution in [0, 0.1) is 6.92 Å². The second-order valence-corrected chi connectivity index (χ2v) is 7.19. The van der Waals surface area contributed by atoms with Crippen LogP contribution < -0.4 is 5.43 Å². The number of carbonyl (C=O) groups is 1. The molecule has 2 aliphatic rings. The minimum Gasteiger partial charge on any atom is -0.465 e. The van der Waals surface area contributed by atoms with Gasteiger partial charge in [-0.15, -0.1) is 0 Å². The molecule has 2 atom stereocenters. The number of rotatable bonds is 5. The van der Waals surface area contributed by atoms with Crippen LogP contribution in [-0.4, -0.2) is 12.6 Å². The molecule has 1 aromatic carbocycles. The standard InChI is InChI=1S/C21H22O4/c1-3-24-20(23)21(12-17(21)14-6-4-13(2)5-7-14)19-11-16(22)10-18(25-19)15-8-9-15/h4-7,10-11,15,17H,3,8-9,12H2,1-2H3/t17-,21+/m0/s1. The molecule has 4 heteroatoms. The molecule has 0 unspecified atom stereocenters. The molecular weight excluding hydrogens is 316 g/mol. The monoisotopic (exact) mass is 338 g/mol. The van der Waals surface area contributed by atoms with Crippen molar-refractivity contribution in [3.05, 3.63) is 69.3 Å². The Morgan fingerprint density at radius 1 is 1.24 bits per heavy atom. The van der Waals surface area contributed by atoms with Crippen molar-refractivity contribution in [3.8, 4) is 0 Å². The summed E-state index contributed by atoms with van der Waals surface area (Å²) in [6.45, 7) is 4.15. The molecule has 130 valence electrons. The van der Waals surface area contributed by atoms with Crippen molar-refractivity contribution in [2.24, 2.45) is 0 Å². The molecule has 0 aliphatic heterocycles. The van der Waals surface area contributed by atoms with Crippen molar-refractivity contribution in [1.82, 2.24) is 0 Å². The van der Waals surface area contributed by atoms with Crippen molar-refractivity contribution >= 4 is 5.97 Å². The first kappa shape index (κ1) is 16.1. The summed E-state index contributed by atoms with van der Waals surface area (Å²) in [4.78, 5) is 25.0. The molecule has 2 aliphatic carbocycles. The highest BCUT2D eigenvalue weighted by Crippen LogP contribution is 2.61. The Hall–Kier alpha value is -2.36. The van der Waals surface area contributed by atoms with E-state index in [0.717, 1.165) is 18.4 Å². The Morgan fingerprint density at radius 2 is 1.96 bits per heavy atom. The Balaban J connectivity index is 1.76. The van der Waals surface area contributed by atoms with Crippen LogP contribution in [-0.2, 0) is 14.9 Å². The Morgan fingerprint density at radius 3 is 2.60 bits per heavy atom. The summed E-state index contributed by atoms with van der Waals surface area (Å²) in [5.41, 5.74) is 1.29. The fourth-order valence-corrected chi connectivity index (χ4v) is 3.61. The molecule has 1 aromatic heterocycles. The van der Waals surface area contributed by atoms with E-state index < -0.39 is 5.41 Å². The van der Waals surface area contributed by atoms with Crippen LogP contribution in [0.15, 0.2) is 45.6 Å². The summed E-state index contributed by atoms with van der Waals surface area (Å²) in [6.07, 6.45) is 2.70. The van der Waals surface area contributed by atoms with Crippen molar-refractivity contribution in [1.29, 1.82) is 0 Å². The fraction of sp³-hybridized carbons (Fsp3) is 0.429. The third-order valence-corrected chi connectivity index (χ3v) is 5.29. The molecule has 0 spiro atoms. The van der Waals surface area contributed by atoms with Crippen molar-refractivity contribution in [2.75, 3.05) is 6.61 Å². The van der Waals surface area contributed by atoms with Gasteiger partial charge in [-0.05, 0) is 38.7 Å². The fourth-order valence-electron chi connectivity index (χ4n) is 3.61. The smallest absolute Gasteiger partial charge is 0.320 e. The van der Waals surface area contributed by atoms with Crippen molar-refractivity contribution in [2.45, 2.75) is 50.4 Å². The zero-order valence-electron chi connectivity index (χ0n) is 14.6. The Bertz CT molecular complexity index is 860. The molecule has 0 N–H and O–H groups in total. The van der Waals surface area contributed by atoms with Crippen LogP contribution in [0.5, 0.6) is 0 Å². The van der Waals surface area contributed by atoms with Gasteiger partial charge in [0.2, 0.25) is 0 Å². The van der Waals surface area contributed by atoms with Gasteiger partial charge in [0.15, 0.2) is 5.43 Å². The van der Waals surface area contributed by atoms with Crippen molar-refractivity contribution < 1.29 is 13.9 Å². The summed E-state index contributed by atoms with van der Waals surface area (Å²) in [7, 11) is 0. The third-order valence-electron chi connectivity index (χ3n) is 5.29. The van der Waals surface area contributed by atoms with Crippen LogP contribution >= 0.6 is 0 Å². The number of hydrogen-bond donors (Lipinski definition) is 0. The SMILES string of the molecule is CCOC(=O)[C@]1(c2cc(=O)cc(C3CC3)o2)C[C@H]1c1ccc(C)cc1. The van der Waals surface area contributed by atoms with Crippen molar-refractivity contribution in [3.63, 3.8) is 0 Å². The molecule has 4 rings (SSSR count). The summed E-state index contributed by atoms with van der Waals surface area (Å²) in [5.74, 6) is 1.19. The van der Waals surface area contributed by atoms with Gasteiger partial charge in [-0.3, -0.25) is 9.59 Å². The topological polar surface area (TPSA) is 56.5 Å². The van der Waals surface area contributed by atoms with Crippen LogP contribution in [0.4, 0.5) is 0 Å². The lowest BCUT2D eigenvalue weighted by atomic mass is 9.95. The van der Waals surface area contributed by atoms with E-state index in [1.807, 2.05) is 31.2 Å². The van der Waals surface area contributed by atoms with Gasteiger partial charge in [-0.25, -0.2) is 0 Å². The minimum absolute atomic E-state index is 0.00949. The Labute approximate surface area is 146 Å². The van der Waals surface area contributed by atoms with E-state index in [-0.39, 0.29) is 17.3 Å². The maximum atomic E-state index is 12.8. The molecule has 0 bridgehead atoms. The molecule has 25 heavy (non-hydrogen) atoms. The minimum atomic E-state index is -0.866. The number of benzene rings is 1. The van der Waals surface area contributed by atoms with Gasteiger partial charge in [0, 0.05) is 24.0 Å². The van der Waals surface area contributed by atoms with E-state index in [2.05, 4.69) is 0 Å². The first-order valence-electron chi connectivity index (χ1n) is 8.94. The van der Waals surface area contributed by atoms with Gasteiger partial charge in [-0.2, -0.15) is 0 Å². The van der Waals surface area contributed by atoms with E-state index in [0.29, 0.717) is 30.5 Å². The van der Waals surface area contributed by atoms with Crippen LogP contribution in [0.3, 0.4) is 0 Å². The first-order valence-corrected chi connectivity index (χ1v) is 8.94. The molecule has 0 amide bonds. The van der Waals surface area contributed by atoms with E-state index in [9.17, 15) is 9.59 Å². The highest BCUT2D eigenvalue weighted by molar-refractivity contribution is 5.88. The zero-order chi connectivity index (χ0) is 17.6. The van der Waals surface area contributed by atoms with E-state index in [1.165, 1.54) is 11.6 Å². The second kappa shape index (κ2) is 5.87. The average Bonchev–Trinajstić information content (AvgIpc) is 3.48. The third kappa shape index (κ3) is 2.80. The molecule has 1 heterocycles. The summed E-state index contributed by atoms with van der Waals surface area (Å²) < 4.78 is 11.4. The summed E-state index contributed by atoms with van der Waals surface area (Å²) in [5, 5.41) is 0. The lowest BCUT2D eigenvalue weighted by Crippen LogP contribution is -2.26. The highest BCUT2D eigenvalue weighted by atomic mass is 16.5. The molecule has 2 saturated carbocycles. The van der Waals surface area contributed by atoms with Gasteiger partial charge in [0.25, 0.3) is 0 Å². The maximum Gasteiger partial charge on any atom is 0.320 e. The normalized spacial score (nSPS) is 24.8. The van der Waals surface area contributed by atoms with Gasteiger partial charge < -0.3 is 9.15 Å². The predicted octanol–water partition coefficient (Wildman–Crippen LogP) is 3.81. The van der Waals surface area contributed by atoms with Gasteiger partial charge in [0.05, 0.1) is 6.61 Å². The molecular formula is C21H22O4. The van der Waals surface area contributed by atoms with Crippen LogP contribution in [0.25, 0.3) is 0 Å². The number of aryl methyl sites for hydroxylation is 1. The average molecular weight is 338 g/mol. The maximum absolute atomic E-state index is 12.8. The zero-order valence-corrected chi connectivity index (χ0v) is 14.6. The molecule has 0 radical (unpaired) electrons.